The summed E-state index contributed by atoms with van der Waals surface area (Å²) in [5.74, 6) is 23.0. The van der Waals surface area contributed by atoms with E-state index in [2.05, 4.69) is 13.8 Å². The van der Waals surface area contributed by atoms with Crippen LogP contribution in [0.4, 0.5) is 0 Å². The molecule has 12 fully saturated rings. The second-order valence-corrected chi connectivity index (χ2v) is 12.8. The van der Waals surface area contributed by atoms with Gasteiger partial charge in [-0.1, -0.05) is 13.8 Å². The Morgan fingerprint density at radius 1 is 0.318 bits per heavy atom. The fourth-order valence-corrected chi connectivity index (χ4v) is 16.7. The zero-order chi connectivity index (χ0) is 13.4. The lowest BCUT2D eigenvalue weighted by molar-refractivity contribution is 0.0701. The van der Waals surface area contributed by atoms with Gasteiger partial charge in [-0.3, -0.25) is 0 Å². The average Bonchev–Trinajstić information content (AvgIpc) is 3.15. The molecule has 0 aromatic heterocycles. The Kier molecular flexibility index (Phi) is 0.830. The largest absolute Gasteiger partial charge is 0.0588 e. The third-order valence-electron chi connectivity index (χ3n) is 14.6. The second kappa shape index (κ2) is 1.93. The summed E-state index contributed by atoms with van der Waals surface area (Å²) < 4.78 is 0. The minimum Gasteiger partial charge on any atom is -0.0588 e. The minimum absolute atomic E-state index is 0.883. The van der Waals surface area contributed by atoms with Crippen LogP contribution in [0.15, 0.2) is 0 Å². The van der Waals surface area contributed by atoms with Crippen molar-refractivity contribution in [3.63, 3.8) is 0 Å². The van der Waals surface area contributed by atoms with Gasteiger partial charge in [0.05, 0.1) is 0 Å². The molecule has 12 rings (SSSR count). The first-order valence-electron chi connectivity index (χ1n) is 10.7. The molecule has 8 unspecified atom stereocenters. The molecular formula is C22H24. The van der Waals surface area contributed by atoms with E-state index in [1.165, 1.54) is 107 Å². The highest BCUT2D eigenvalue weighted by molar-refractivity contribution is 5.49. The Morgan fingerprint density at radius 2 is 0.545 bits per heavy atom. The van der Waals surface area contributed by atoms with Crippen LogP contribution >= 0.6 is 0 Å². The van der Waals surface area contributed by atoms with Crippen molar-refractivity contribution < 1.29 is 0 Å². The van der Waals surface area contributed by atoms with Gasteiger partial charge in [0.15, 0.2) is 0 Å². The van der Waals surface area contributed by atoms with Crippen LogP contribution in [0.2, 0.25) is 0 Å². The Morgan fingerprint density at radius 3 is 0.864 bits per heavy atom. The van der Waals surface area contributed by atoms with Gasteiger partial charge in [0.1, 0.15) is 0 Å². The first-order chi connectivity index (χ1) is 10.7. The molecule has 0 N–H and O–H groups in total. The molecule has 0 saturated heterocycles. The van der Waals surface area contributed by atoms with Gasteiger partial charge in [-0.15, -0.1) is 0 Å². The predicted octanol–water partition coefficient (Wildman–Crippen LogP) is 3.24. The summed E-state index contributed by atoms with van der Waals surface area (Å²) in [7, 11) is 0. The van der Waals surface area contributed by atoms with Gasteiger partial charge < -0.3 is 0 Å². The molecule has 0 amide bonds. The van der Waals surface area contributed by atoms with Crippen LogP contribution in [0, 0.1) is 117 Å². The van der Waals surface area contributed by atoms with Crippen LogP contribution < -0.4 is 0 Å². The van der Waals surface area contributed by atoms with Gasteiger partial charge in [0.2, 0.25) is 0 Å². The molecule has 12 aliphatic rings. The highest BCUT2D eigenvalue weighted by Crippen LogP contribution is 3.06. The molecule has 0 radical (unpaired) electrons. The van der Waals surface area contributed by atoms with Crippen molar-refractivity contribution in [1.82, 2.24) is 0 Å². The number of hydrogen-bond donors (Lipinski definition) is 0. The maximum absolute atomic E-state index is 2.89. The van der Waals surface area contributed by atoms with Gasteiger partial charge in [-0.2, -0.15) is 0 Å². The van der Waals surface area contributed by atoms with E-state index in [4.69, 9.17) is 0 Å². The van der Waals surface area contributed by atoms with E-state index in [1.54, 1.807) is 0 Å². The molecule has 0 heterocycles. The van der Waals surface area contributed by atoms with E-state index in [1.807, 2.05) is 0 Å². The average molecular weight is 288 g/mol. The standard InChI is InChI=1S/C22H24/c1-21-15-5-3-4-6(15)10-12-8(4)16-7(3)11-9(5)17(21)13-14(18(10)21)20(12)22(16,2)19(11)13/h3-20H,1-2H3/t3?,4?,5-,6-,7-,8+,9-,10-,11+,12-,13?,14?,15?,16?,17-,18-,19-,20+,21?,22?/m1/s1. The van der Waals surface area contributed by atoms with Crippen molar-refractivity contribution in [2.45, 2.75) is 13.8 Å². The predicted molar refractivity (Wildman–Crippen MR) is 79.0 cm³/mol. The maximum atomic E-state index is 2.89. The van der Waals surface area contributed by atoms with Gasteiger partial charge in [0.25, 0.3) is 0 Å². The monoisotopic (exact) mass is 288 g/mol. The topological polar surface area (TPSA) is 0 Å². The van der Waals surface area contributed by atoms with E-state index in [-0.39, 0.29) is 0 Å². The van der Waals surface area contributed by atoms with E-state index in [0.717, 1.165) is 10.8 Å². The Bertz CT molecular complexity index is 676. The number of rotatable bonds is 0. The summed E-state index contributed by atoms with van der Waals surface area (Å²) in [6, 6.07) is 0. The summed E-state index contributed by atoms with van der Waals surface area (Å²) in [6.07, 6.45) is 0. The molecule has 0 aromatic carbocycles. The van der Waals surface area contributed by atoms with Crippen molar-refractivity contribution >= 4 is 0 Å². The van der Waals surface area contributed by atoms with E-state index < -0.39 is 0 Å². The highest BCUT2D eigenvalue weighted by atomic mass is 15.1. The van der Waals surface area contributed by atoms with E-state index in [9.17, 15) is 0 Å². The first kappa shape index (κ1) is 9.47. The summed E-state index contributed by atoms with van der Waals surface area (Å²) >= 11 is 0. The fraction of sp³-hybridized carbons (Fsp3) is 1.00. The van der Waals surface area contributed by atoms with Crippen LogP contribution in [0.25, 0.3) is 0 Å². The second-order valence-electron chi connectivity index (χ2n) is 12.8. The van der Waals surface area contributed by atoms with Crippen LogP contribution in [0.1, 0.15) is 13.8 Å². The molecular weight excluding hydrogens is 264 g/mol. The normalized spacial score (nSPS) is 106. The van der Waals surface area contributed by atoms with E-state index in [0.29, 0.717) is 0 Å². The Hall–Kier alpha value is 0. The van der Waals surface area contributed by atoms with Crippen LogP contribution in [0.3, 0.4) is 0 Å². The molecule has 0 spiro atoms. The maximum Gasteiger partial charge on any atom is -0.0224 e. The van der Waals surface area contributed by atoms with Crippen molar-refractivity contribution in [1.29, 1.82) is 0 Å². The molecule has 12 saturated carbocycles. The lowest BCUT2D eigenvalue weighted by Crippen LogP contribution is -2.36. The zero-order valence-corrected chi connectivity index (χ0v) is 13.4. The summed E-state index contributed by atoms with van der Waals surface area (Å²) in [5, 5.41) is 0. The first-order valence-corrected chi connectivity index (χ1v) is 10.7. The Labute approximate surface area is 131 Å². The molecule has 12 aliphatic carbocycles. The van der Waals surface area contributed by atoms with Crippen LogP contribution in [0.5, 0.6) is 0 Å². The number of hydrogen-bond acceptors (Lipinski definition) is 0. The lowest BCUT2D eigenvalue weighted by Gasteiger charge is -2.40. The van der Waals surface area contributed by atoms with Gasteiger partial charge >= 0.3 is 0 Å². The smallest absolute Gasteiger partial charge is 0.0224 e. The summed E-state index contributed by atoms with van der Waals surface area (Å²) in [6.45, 7) is 5.78. The summed E-state index contributed by atoms with van der Waals surface area (Å²) in [4.78, 5) is 0. The molecule has 20 atom stereocenters. The molecule has 0 nitrogen and oxygen atoms in total. The van der Waals surface area contributed by atoms with Gasteiger partial charge in [0, 0.05) is 0 Å². The zero-order valence-electron chi connectivity index (χ0n) is 13.4. The van der Waals surface area contributed by atoms with Crippen molar-refractivity contribution in [2.75, 3.05) is 0 Å². The molecule has 0 aliphatic heterocycles. The summed E-state index contributed by atoms with van der Waals surface area (Å²) in [5.41, 5.74) is 1.77. The third kappa shape index (κ3) is 0.414. The fourth-order valence-electron chi connectivity index (χ4n) is 16.7. The van der Waals surface area contributed by atoms with E-state index >= 15 is 0 Å². The van der Waals surface area contributed by atoms with Crippen LogP contribution in [-0.2, 0) is 0 Å². The van der Waals surface area contributed by atoms with Crippen molar-refractivity contribution in [3.8, 4) is 0 Å². The van der Waals surface area contributed by atoms with Crippen molar-refractivity contribution in [3.05, 3.63) is 0 Å². The SMILES string of the molecule is CC12C3[C@H]4C5C6[C@H]7C8[C@H]5[C@@H]5[C@@H]4[C@H]1C1C4[C@H]2[C@@H]([C@@H]63)[C@@H]7[C@H]4C8(C)[C@@H]15. The van der Waals surface area contributed by atoms with Gasteiger partial charge in [-0.25, -0.2) is 0 Å². The Balaban J connectivity index is 1.49. The van der Waals surface area contributed by atoms with Crippen molar-refractivity contribution in [2.24, 2.45) is 117 Å². The van der Waals surface area contributed by atoms with Crippen LogP contribution in [-0.4, -0.2) is 0 Å². The minimum atomic E-state index is 0.883. The lowest BCUT2D eigenvalue weighted by atomic mass is 9.64. The molecule has 0 aromatic rings. The highest BCUT2D eigenvalue weighted by Gasteiger charge is 3.02. The molecule has 112 valence electrons. The molecule has 0 heteroatoms. The third-order valence-corrected chi connectivity index (χ3v) is 14.6. The quantitative estimate of drug-likeness (QED) is 0.642. The van der Waals surface area contributed by atoms with Gasteiger partial charge in [-0.05, 0) is 117 Å². The molecule has 22 heavy (non-hydrogen) atoms. The molecule has 0 bridgehead atoms.